The summed E-state index contributed by atoms with van der Waals surface area (Å²) in [6.45, 7) is 2.93. The molecule has 0 spiro atoms. The molecule has 0 bridgehead atoms. The summed E-state index contributed by atoms with van der Waals surface area (Å²) in [6, 6.07) is 7.30. The number of aryl methyl sites for hydroxylation is 1. The van der Waals surface area contributed by atoms with E-state index in [4.69, 9.17) is 9.72 Å². The second-order valence-corrected chi connectivity index (χ2v) is 8.42. The van der Waals surface area contributed by atoms with Crippen molar-refractivity contribution in [1.29, 1.82) is 0 Å². The summed E-state index contributed by atoms with van der Waals surface area (Å²) in [6.07, 6.45) is 4.36. The first kappa shape index (κ1) is 17.7. The molecule has 3 aromatic heterocycles. The van der Waals surface area contributed by atoms with Crippen LogP contribution in [-0.4, -0.2) is 26.0 Å². The number of aromatic nitrogens is 4. The van der Waals surface area contributed by atoms with E-state index in [2.05, 4.69) is 21.4 Å². The van der Waals surface area contributed by atoms with Gasteiger partial charge in [0.25, 0.3) is 0 Å². The number of benzene rings is 1. The lowest BCUT2D eigenvalue weighted by Crippen LogP contribution is -2.09. The molecule has 8 heteroatoms. The highest BCUT2D eigenvalue weighted by Crippen LogP contribution is 2.40. The lowest BCUT2D eigenvalue weighted by atomic mass is 10.0. The molecular weight excluding hydrogens is 401 g/mol. The van der Waals surface area contributed by atoms with Crippen molar-refractivity contribution in [2.45, 2.75) is 30.7 Å². The maximum Gasteiger partial charge on any atom is 0.209 e. The number of rotatable bonds is 3. The molecule has 150 valence electrons. The van der Waals surface area contributed by atoms with Crippen LogP contribution in [0.1, 0.15) is 22.5 Å². The molecular formula is C22H18FN5OS. The molecule has 0 saturated carbocycles. The third-order valence-electron chi connectivity index (χ3n) is 5.65. The number of nitrogens with one attached hydrogen (secondary N) is 1. The first-order valence-electron chi connectivity index (χ1n) is 9.82. The Morgan fingerprint density at radius 1 is 1.20 bits per heavy atom. The Labute approximate surface area is 176 Å². The Morgan fingerprint density at radius 3 is 3.07 bits per heavy atom. The molecule has 0 amide bonds. The molecule has 4 aromatic rings. The van der Waals surface area contributed by atoms with Crippen molar-refractivity contribution >= 4 is 23.2 Å². The van der Waals surface area contributed by atoms with Crippen molar-refractivity contribution in [3.63, 3.8) is 0 Å². The van der Waals surface area contributed by atoms with Crippen LogP contribution in [0.25, 0.3) is 16.6 Å². The molecule has 1 aromatic carbocycles. The Morgan fingerprint density at radius 2 is 2.13 bits per heavy atom. The van der Waals surface area contributed by atoms with Crippen molar-refractivity contribution < 1.29 is 9.13 Å². The van der Waals surface area contributed by atoms with E-state index in [1.54, 1.807) is 24.2 Å². The van der Waals surface area contributed by atoms with Gasteiger partial charge in [0.15, 0.2) is 0 Å². The second kappa shape index (κ2) is 6.70. The molecule has 2 aliphatic rings. The number of ether oxygens (including phenoxy) is 1. The fourth-order valence-corrected chi connectivity index (χ4v) is 5.16. The molecule has 6 nitrogen and oxygen atoms in total. The Hall–Kier alpha value is -3.13. The number of fused-ring (bicyclic) bond motifs is 3. The number of pyridine rings is 1. The van der Waals surface area contributed by atoms with E-state index < -0.39 is 0 Å². The van der Waals surface area contributed by atoms with Gasteiger partial charge in [0.2, 0.25) is 5.95 Å². The van der Waals surface area contributed by atoms with Gasteiger partial charge >= 0.3 is 0 Å². The summed E-state index contributed by atoms with van der Waals surface area (Å²) in [5.74, 6) is 1.94. The summed E-state index contributed by atoms with van der Waals surface area (Å²) in [5.41, 5.74) is 6.72. The maximum atomic E-state index is 14.5. The van der Waals surface area contributed by atoms with Crippen LogP contribution < -0.4 is 10.1 Å². The van der Waals surface area contributed by atoms with Crippen molar-refractivity contribution in [2.75, 3.05) is 11.9 Å². The molecule has 0 fully saturated rings. The largest absolute Gasteiger partial charge is 0.493 e. The molecule has 1 N–H and O–H groups in total. The van der Waals surface area contributed by atoms with Crippen LogP contribution in [0, 0.1) is 12.7 Å². The van der Waals surface area contributed by atoms with Gasteiger partial charge in [-0.25, -0.2) is 14.4 Å². The molecule has 5 heterocycles. The number of nitrogens with zero attached hydrogens (tertiary/aromatic N) is 4. The standard InChI is InChI=1S/C22H18FN5OS/c1-12-2-3-13-16-9-25-22(28-11-26-21(20(16)28)30-10-18(13)27-12)24-8-15-14-6-7-29-19(14)5-4-17(15)23/h2-5,9,11H,6-8,10H2,1H3,(H,24,25). The highest BCUT2D eigenvalue weighted by atomic mass is 32.2. The normalized spacial score (nSPS) is 14.2. The average molecular weight is 419 g/mol. The third-order valence-corrected chi connectivity index (χ3v) is 6.64. The van der Waals surface area contributed by atoms with E-state index in [0.29, 0.717) is 24.7 Å². The number of thioether (sulfide) groups is 1. The molecule has 6 rings (SSSR count). The van der Waals surface area contributed by atoms with Crippen LogP contribution in [0.15, 0.2) is 41.8 Å². The average Bonchev–Trinajstić information content (AvgIpc) is 3.36. The lowest BCUT2D eigenvalue weighted by Gasteiger charge is -2.13. The predicted octanol–water partition coefficient (Wildman–Crippen LogP) is 4.39. The minimum Gasteiger partial charge on any atom is -0.493 e. The highest BCUT2D eigenvalue weighted by molar-refractivity contribution is 7.98. The van der Waals surface area contributed by atoms with Gasteiger partial charge in [-0.2, -0.15) is 0 Å². The maximum absolute atomic E-state index is 14.5. The third kappa shape index (κ3) is 2.67. The molecule has 0 radical (unpaired) electrons. The zero-order valence-electron chi connectivity index (χ0n) is 16.3. The van der Waals surface area contributed by atoms with Gasteiger partial charge in [-0.1, -0.05) is 17.8 Å². The zero-order valence-corrected chi connectivity index (χ0v) is 17.1. The minimum absolute atomic E-state index is 0.227. The fourth-order valence-electron chi connectivity index (χ4n) is 4.20. The van der Waals surface area contributed by atoms with Gasteiger partial charge in [0, 0.05) is 52.9 Å². The molecule has 0 aliphatic carbocycles. The van der Waals surface area contributed by atoms with Crippen LogP contribution in [0.5, 0.6) is 5.75 Å². The van der Waals surface area contributed by atoms with Gasteiger partial charge in [-0.05, 0) is 25.1 Å². The van der Waals surface area contributed by atoms with Crippen LogP contribution >= 0.6 is 11.8 Å². The minimum atomic E-state index is -0.227. The van der Waals surface area contributed by atoms with Gasteiger partial charge in [-0.3, -0.25) is 9.38 Å². The number of hydrogen-bond acceptors (Lipinski definition) is 6. The molecule has 2 aliphatic heterocycles. The van der Waals surface area contributed by atoms with Crippen molar-refractivity contribution in [2.24, 2.45) is 0 Å². The Balaban J connectivity index is 1.41. The number of halogens is 1. The van der Waals surface area contributed by atoms with E-state index in [9.17, 15) is 4.39 Å². The van der Waals surface area contributed by atoms with Crippen LogP contribution in [-0.2, 0) is 18.7 Å². The number of hydrogen-bond donors (Lipinski definition) is 1. The van der Waals surface area contributed by atoms with Crippen molar-refractivity contribution in [3.05, 3.63) is 65.1 Å². The molecule has 30 heavy (non-hydrogen) atoms. The van der Waals surface area contributed by atoms with Crippen molar-refractivity contribution in [3.8, 4) is 16.9 Å². The van der Waals surface area contributed by atoms with Gasteiger partial charge in [-0.15, -0.1) is 0 Å². The van der Waals surface area contributed by atoms with E-state index in [0.717, 1.165) is 56.5 Å². The Kier molecular flexibility index (Phi) is 3.95. The summed E-state index contributed by atoms with van der Waals surface area (Å²) in [7, 11) is 0. The van der Waals surface area contributed by atoms with Gasteiger partial charge < -0.3 is 10.1 Å². The smallest absolute Gasteiger partial charge is 0.209 e. The molecule has 0 unspecified atom stereocenters. The number of anilines is 1. The topological polar surface area (TPSA) is 64.3 Å². The summed E-state index contributed by atoms with van der Waals surface area (Å²) < 4.78 is 22.0. The summed E-state index contributed by atoms with van der Waals surface area (Å²) >= 11 is 1.68. The van der Waals surface area contributed by atoms with Gasteiger partial charge in [0.1, 0.15) is 22.9 Å². The first-order valence-corrected chi connectivity index (χ1v) is 10.8. The predicted molar refractivity (Wildman–Crippen MR) is 113 cm³/mol. The Bertz CT molecular complexity index is 1320. The van der Waals surface area contributed by atoms with Gasteiger partial charge in [0.05, 0.1) is 17.8 Å². The van der Waals surface area contributed by atoms with E-state index in [1.165, 1.54) is 6.07 Å². The van der Waals surface area contributed by atoms with Crippen molar-refractivity contribution in [1.82, 2.24) is 19.4 Å². The fraction of sp³-hybridized carbons (Fsp3) is 0.227. The second-order valence-electron chi connectivity index (χ2n) is 7.45. The quantitative estimate of drug-likeness (QED) is 0.531. The lowest BCUT2D eigenvalue weighted by molar-refractivity contribution is 0.356. The highest BCUT2D eigenvalue weighted by Gasteiger charge is 2.23. The zero-order chi connectivity index (χ0) is 20.2. The summed E-state index contributed by atoms with van der Waals surface area (Å²) in [5, 5.41) is 4.26. The van der Waals surface area contributed by atoms with E-state index in [1.807, 2.05) is 23.6 Å². The molecule has 0 saturated heterocycles. The van der Waals surface area contributed by atoms with E-state index in [-0.39, 0.29) is 5.82 Å². The van der Waals surface area contributed by atoms with Crippen LogP contribution in [0.4, 0.5) is 10.3 Å². The SMILES string of the molecule is Cc1ccc2c(n1)CSc1ncn3c(NCc4c(F)ccc5c4CCO5)ncc-2c13. The molecule has 0 atom stereocenters. The van der Waals surface area contributed by atoms with E-state index >= 15 is 0 Å². The summed E-state index contributed by atoms with van der Waals surface area (Å²) in [4.78, 5) is 14.0. The monoisotopic (exact) mass is 419 g/mol. The van der Waals surface area contributed by atoms with Crippen LogP contribution in [0.2, 0.25) is 0 Å². The van der Waals surface area contributed by atoms with Crippen LogP contribution in [0.3, 0.4) is 0 Å². The first-order chi connectivity index (χ1) is 14.7. The number of imidazole rings is 1.